The summed E-state index contributed by atoms with van der Waals surface area (Å²) in [7, 11) is 0. The van der Waals surface area contributed by atoms with E-state index in [1.54, 1.807) is 0 Å². The number of ether oxygens (including phenoxy) is 6. The Kier molecular flexibility index (Phi) is 9.59. The van der Waals surface area contributed by atoms with E-state index in [9.17, 15) is 45.6 Å². The monoisotopic (exact) mass is 622 g/mol. The standard InChI is InChI=1S/C29H34O15/c1-12-22(36)23(37)24(38)28(40-12)44-26-25(43-21(35)7-3-13-2-5-15(31)17(33)8-13)19(10-30)42-29-27(26)41-20(11-39-29)14-4-6-16(32)18(34)9-14/h2-9,12,19-20,22-34,36-38H,10-11H2,1H3/t12-,19-,20+,22-,23+,24+,25+,26-,27+,28-,29+/m0/s1. The third-order valence-corrected chi connectivity index (χ3v) is 7.64. The van der Waals surface area contributed by atoms with E-state index in [2.05, 4.69) is 0 Å². The van der Waals surface area contributed by atoms with Gasteiger partial charge in [0.25, 0.3) is 0 Å². The highest BCUT2D eigenvalue weighted by Crippen LogP contribution is 2.39. The molecule has 3 aliphatic heterocycles. The van der Waals surface area contributed by atoms with Crippen LogP contribution in [0.25, 0.3) is 6.08 Å². The molecule has 0 bridgehead atoms. The minimum atomic E-state index is -1.73. The number of benzene rings is 2. The smallest absolute Gasteiger partial charge is 0.331 e. The number of carbonyl (C=O) groups excluding carboxylic acids is 1. The van der Waals surface area contributed by atoms with E-state index in [-0.39, 0.29) is 18.1 Å². The van der Waals surface area contributed by atoms with E-state index < -0.39 is 91.6 Å². The average Bonchev–Trinajstić information content (AvgIpc) is 3.01. The molecule has 5 rings (SSSR count). The fourth-order valence-corrected chi connectivity index (χ4v) is 5.19. The van der Waals surface area contributed by atoms with Crippen LogP contribution in [0.2, 0.25) is 0 Å². The summed E-state index contributed by atoms with van der Waals surface area (Å²) in [5.74, 6) is -2.43. The maximum atomic E-state index is 13.0. The van der Waals surface area contributed by atoms with Gasteiger partial charge in [-0.3, -0.25) is 0 Å². The Hall–Kier alpha value is -3.51. The molecule has 11 atom stereocenters. The van der Waals surface area contributed by atoms with Crippen molar-refractivity contribution in [1.82, 2.24) is 0 Å². The lowest BCUT2D eigenvalue weighted by Crippen LogP contribution is -2.66. The molecule has 15 heteroatoms. The van der Waals surface area contributed by atoms with Crippen molar-refractivity contribution < 1.29 is 74.1 Å². The van der Waals surface area contributed by atoms with Crippen LogP contribution in [0, 0.1) is 0 Å². The molecule has 0 aromatic heterocycles. The average molecular weight is 623 g/mol. The number of aromatic hydroxyl groups is 4. The highest BCUT2D eigenvalue weighted by molar-refractivity contribution is 5.87. The second-order valence-corrected chi connectivity index (χ2v) is 10.7. The zero-order valence-corrected chi connectivity index (χ0v) is 23.3. The Bertz CT molecular complexity index is 1350. The Labute approximate surface area is 250 Å². The predicted molar refractivity (Wildman–Crippen MR) is 145 cm³/mol. The van der Waals surface area contributed by atoms with Crippen LogP contribution in [-0.4, -0.2) is 121 Å². The first-order chi connectivity index (χ1) is 21.0. The van der Waals surface area contributed by atoms with Gasteiger partial charge in [0.05, 0.1) is 19.3 Å². The van der Waals surface area contributed by atoms with Crippen LogP contribution < -0.4 is 0 Å². The summed E-state index contributed by atoms with van der Waals surface area (Å²) in [6.07, 6.45) is -12.2. The Morgan fingerprint density at radius 2 is 1.59 bits per heavy atom. The number of esters is 1. The van der Waals surface area contributed by atoms with Crippen molar-refractivity contribution >= 4 is 12.0 Å². The van der Waals surface area contributed by atoms with Crippen molar-refractivity contribution in [2.45, 2.75) is 74.4 Å². The van der Waals surface area contributed by atoms with Gasteiger partial charge in [0.15, 0.2) is 41.7 Å². The van der Waals surface area contributed by atoms with Crippen LogP contribution in [0.1, 0.15) is 24.2 Å². The van der Waals surface area contributed by atoms with Crippen LogP contribution in [-0.2, 0) is 33.2 Å². The van der Waals surface area contributed by atoms with Gasteiger partial charge in [-0.25, -0.2) is 4.79 Å². The lowest BCUT2D eigenvalue weighted by atomic mass is 9.95. The molecule has 3 aliphatic rings. The lowest BCUT2D eigenvalue weighted by molar-refractivity contribution is -0.384. The molecule has 8 N–H and O–H groups in total. The molecule has 3 fully saturated rings. The van der Waals surface area contributed by atoms with Crippen LogP contribution in [0.15, 0.2) is 42.5 Å². The van der Waals surface area contributed by atoms with Crippen LogP contribution in [0.5, 0.6) is 23.0 Å². The zero-order valence-electron chi connectivity index (χ0n) is 23.3. The van der Waals surface area contributed by atoms with Crippen molar-refractivity contribution in [3.63, 3.8) is 0 Å². The number of hydrogen-bond donors (Lipinski definition) is 8. The summed E-state index contributed by atoms with van der Waals surface area (Å²) in [4.78, 5) is 13.0. The number of aliphatic hydroxyl groups is 4. The first-order valence-electron chi connectivity index (χ1n) is 13.8. The van der Waals surface area contributed by atoms with Crippen molar-refractivity contribution in [3.05, 3.63) is 53.6 Å². The third kappa shape index (κ3) is 6.61. The molecule has 0 amide bonds. The minimum absolute atomic E-state index is 0.0760. The SMILES string of the molecule is C[C@@H]1O[C@@H](O[C@@H]2[C@H]3O[C@@H](c4ccc(O)c(O)c4)CO[C@@H]3O[C@@H](CO)[C@H]2OC(=O)C=Cc2ccc(O)c(O)c2)[C@H](O)[C@H](O)[C@H]1O. The first kappa shape index (κ1) is 31.9. The molecular weight excluding hydrogens is 588 g/mol. The van der Waals surface area contributed by atoms with E-state index in [4.69, 9.17) is 28.4 Å². The van der Waals surface area contributed by atoms with Gasteiger partial charge in [-0.15, -0.1) is 0 Å². The molecule has 0 spiro atoms. The molecule has 0 radical (unpaired) electrons. The largest absolute Gasteiger partial charge is 0.504 e. The molecule has 3 heterocycles. The van der Waals surface area contributed by atoms with Crippen LogP contribution in [0.3, 0.4) is 0 Å². The van der Waals surface area contributed by atoms with Gasteiger partial charge < -0.3 is 69.3 Å². The maximum Gasteiger partial charge on any atom is 0.331 e. The van der Waals surface area contributed by atoms with Gasteiger partial charge in [0.2, 0.25) is 0 Å². The number of carbonyl (C=O) groups is 1. The predicted octanol–water partition coefficient (Wildman–Crippen LogP) is -0.479. The van der Waals surface area contributed by atoms with Gasteiger partial charge in [0, 0.05) is 6.08 Å². The lowest BCUT2D eigenvalue weighted by Gasteiger charge is -2.50. The fourth-order valence-electron chi connectivity index (χ4n) is 5.19. The molecule has 2 aromatic rings. The van der Waals surface area contributed by atoms with Gasteiger partial charge >= 0.3 is 5.97 Å². The van der Waals surface area contributed by atoms with Crippen molar-refractivity contribution in [1.29, 1.82) is 0 Å². The number of fused-ring (bicyclic) bond motifs is 1. The molecule has 2 aromatic carbocycles. The van der Waals surface area contributed by atoms with Gasteiger partial charge in [-0.2, -0.15) is 0 Å². The highest BCUT2D eigenvalue weighted by atomic mass is 16.8. The quantitative estimate of drug-likeness (QED) is 0.111. The molecule has 240 valence electrons. The fraction of sp³-hybridized carbons (Fsp3) is 0.483. The van der Waals surface area contributed by atoms with Crippen LogP contribution in [0.4, 0.5) is 0 Å². The topological polar surface area (TPSA) is 234 Å². The second-order valence-electron chi connectivity index (χ2n) is 10.7. The molecule has 44 heavy (non-hydrogen) atoms. The van der Waals surface area contributed by atoms with Gasteiger partial charge in [0.1, 0.15) is 42.7 Å². The molecule has 3 saturated heterocycles. The Balaban J connectivity index is 1.43. The maximum absolute atomic E-state index is 13.0. The summed E-state index contributed by atoms with van der Waals surface area (Å²) in [5, 5.41) is 80.3. The van der Waals surface area contributed by atoms with Crippen molar-refractivity contribution in [2.75, 3.05) is 13.2 Å². The normalized spacial score (nSPS) is 35.7. The van der Waals surface area contributed by atoms with Crippen LogP contribution >= 0.6 is 0 Å². The van der Waals surface area contributed by atoms with E-state index in [0.717, 1.165) is 6.08 Å². The molecule has 0 unspecified atom stereocenters. The van der Waals surface area contributed by atoms with Gasteiger partial charge in [-0.05, 0) is 48.4 Å². The van der Waals surface area contributed by atoms with E-state index >= 15 is 0 Å². The summed E-state index contributed by atoms with van der Waals surface area (Å²) < 4.78 is 35.3. The number of phenolic OH excluding ortho intramolecular Hbond substituents is 4. The summed E-state index contributed by atoms with van der Waals surface area (Å²) in [6.45, 7) is 0.713. The Morgan fingerprint density at radius 3 is 2.27 bits per heavy atom. The second kappa shape index (κ2) is 13.2. The number of aliphatic hydroxyl groups excluding tert-OH is 4. The van der Waals surface area contributed by atoms with E-state index in [1.165, 1.54) is 49.4 Å². The number of phenols is 4. The molecule has 15 nitrogen and oxygen atoms in total. The number of rotatable bonds is 7. The van der Waals surface area contributed by atoms with E-state index in [1.807, 2.05) is 0 Å². The molecule has 0 saturated carbocycles. The third-order valence-electron chi connectivity index (χ3n) is 7.64. The summed E-state index contributed by atoms with van der Waals surface area (Å²) in [5.41, 5.74) is 0.768. The Morgan fingerprint density at radius 1 is 0.886 bits per heavy atom. The first-order valence-corrected chi connectivity index (χ1v) is 13.8. The zero-order chi connectivity index (χ0) is 31.7. The summed E-state index contributed by atoms with van der Waals surface area (Å²) in [6, 6.07) is 7.92. The minimum Gasteiger partial charge on any atom is -0.504 e. The van der Waals surface area contributed by atoms with Crippen molar-refractivity contribution in [3.8, 4) is 23.0 Å². The molecular formula is C29H34O15. The number of hydrogen-bond acceptors (Lipinski definition) is 15. The molecule has 0 aliphatic carbocycles. The summed E-state index contributed by atoms with van der Waals surface area (Å²) >= 11 is 0. The highest BCUT2D eigenvalue weighted by Gasteiger charge is 2.55. The van der Waals surface area contributed by atoms with Gasteiger partial charge in [-0.1, -0.05) is 12.1 Å². The van der Waals surface area contributed by atoms with Crippen molar-refractivity contribution in [2.24, 2.45) is 0 Å². The van der Waals surface area contributed by atoms with E-state index in [0.29, 0.717) is 11.1 Å².